The molecule has 0 amide bonds. The number of hydrogen-bond acceptors (Lipinski definition) is 6. The van der Waals surface area contributed by atoms with Crippen molar-refractivity contribution in [2.24, 2.45) is 0 Å². The number of hydrogen-bond donors (Lipinski definition) is 0. The van der Waals surface area contributed by atoms with Crippen LogP contribution in [-0.2, 0) is 10.0 Å². The number of anilines is 2. The third-order valence-electron chi connectivity index (χ3n) is 5.28. The van der Waals surface area contributed by atoms with E-state index in [9.17, 15) is 8.42 Å². The zero-order valence-corrected chi connectivity index (χ0v) is 17.2. The molecule has 0 bridgehead atoms. The Balaban J connectivity index is 1.45. The number of rotatable bonds is 4. The first-order chi connectivity index (χ1) is 13.6. The van der Waals surface area contributed by atoms with Crippen molar-refractivity contribution in [2.45, 2.75) is 24.2 Å². The number of piperazine rings is 1. The Morgan fingerprint density at radius 3 is 2.29 bits per heavy atom. The Hall–Kier alpha value is -1.90. The fraction of sp³-hybridized carbons (Fsp3) is 0.474. The van der Waals surface area contributed by atoms with Gasteiger partial charge in [0.1, 0.15) is 10.7 Å². The summed E-state index contributed by atoms with van der Waals surface area (Å²) in [5.74, 6) is 1.62. The maximum absolute atomic E-state index is 12.9. The summed E-state index contributed by atoms with van der Waals surface area (Å²) in [5, 5.41) is 0.256. The van der Waals surface area contributed by atoms with E-state index in [0.29, 0.717) is 26.2 Å². The van der Waals surface area contributed by atoms with Crippen molar-refractivity contribution in [3.05, 3.63) is 41.6 Å². The first kappa shape index (κ1) is 19.4. The maximum Gasteiger partial charge on any atom is 0.244 e. The molecule has 4 rings (SSSR count). The van der Waals surface area contributed by atoms with Gasteiger partial charge in [0.2, 0.25) is 16.0 Å². The highest BCUT2D eigenvalue weighted by Gasteiger charge is 2.30. The second-order valence-electron chi connectivity index (χ2n) is 7.08. The van der Waals surface area contributed by atoms with Crippen LogP contribution in [0.2, 0.25) is 5.02 Å². The van der Waals surface area contributed by atoms with Crippen molar-refractivity contribution in [3.63, 3.8) is 0 Å². The van der Waals surface area contributed by atoms with E-state index in [1.54, 1.807) is 30.5 Å². The van der Waals surface area contributed by atoms with Crippen LogP contribution in [-0.4, -0.2) is 62.0 Å². The second kappa shape index (κ2) is 8.23. The quantitative estimate of drug-likeness (QED) is 0.755. The Kier molecular flexibility index (Phi) is 5.70. The zero-order chi connectivity index (χ0) is 19.6. The van der Waals surface area contributed by atoms with Crippen molar-refractivity contribution in [3.8, 4) is 0 Å². The summed E-state index contributed by atoms with van der Waals surface area (Å²) in [4.78, 5) is 13.7. The van der Waals surface area contributed by atoms with E-state index < -0.39 is 10.0 Å². The summed E-state index contributed by atoms with van der Waals surface area (Å²) in [7, 11) is -3.59. The molecule has 2 saturated heterocycles. The topological polar surface area (TPSA) is 69.6 Å². The van der Waals surface area contributed by atoms with Crippen LogP contribution in [0.3, 0.4) is 0 Å². The lowest BCUT2D eigenvalue weighted by atomic mass is 10.1. The Labute approximate surface area is 171 Å². The maximum atomic E-state index is 12.9. The lowest BCUT2D eigenvalue weighted by molar-refractivity contribution is 0.383. The zero-order valence-electron chi connectivity index (χ0n) is 15.7. The van der Waals surface area contributed by atoms with Gasteiger partial charge in [-0.3, -0.25) is 0 Å². The SMILES string of the molecule is O=S(=O)(c1ccccc1Cl)N1CCN(c2ccnc(N3CCCCC3)n2)CC1. The van der Waals surface area contributed by atoms with Crippen molar-refractivity contribution in [2.75, 3.05) is 49.1 Å². The molecule has 3 heterocycles. The minimum absolute atomic E-state index is 0.166. The van der Waals surface area contributed by atoms with Crippen molar-refractivity contribution in [1.82, 2.24) is 14.3 Å². The molecule has 0 saturated carbocycles. The minimum atomic E-state index is -3.59. The summed E-state index contributed by atoms with van der Waals surface area (Å²) in [5.41, 5.74) is 0. The molecule has 28 heavy (non-hydrogen) atoms. The van der Waals surface area contributed by atoms with Gasteiger partial charge in [-0.2, -0.15) is 9.29 Å². The highest BCUT2D eigenvalue weighted by molar-refractivity contribution is 7.89. The minimum Gasteiger partial charge on any atom is -0.354 e. The predicted molar refractivity (Wildman–Crippen MR) is 111 cm³/mol. The fourth-order valence-corrected chi connectivity index (χ4v) is 5.63. The second-order valence-corrected chi connectivity index (χ2v) is 9.40. The van der Waals surface area contributed by atoms with E-state index >= 15 is 0 Å². The molecule has 0 unspecified atom stereocenters. The first-order valence-corrected chi connectivity index (χ1v) is 11.4. The standard InChI is InChI=1S/C19H24ClN5O2S/c20-16-6-2-3-7-17(16)28(26,27)25-14-12-23(13-15-25)18-8-9-21-19(22-18)24-10-4-1-5-11-24/h2-3,6-9H,1,4-5,10-15H2. The van der Waals surface area contributed by atoms with Crippen LogP contribution in [0.5, 0.6) is 0 Å². The molecule has 2 aromatic rings. The monoisotopic (exact) mass is 421 g/mol. The number of benzene rings is 1. The summed E-state index contributed by atoms with van der Waals surface area (Å²) in [6.45, 7) is 3.95. The van der Waals surface area contributed by atoms with Crippen molar-refractivity contribution in [1.29, 1.82) is 0 Å². The van der Waals surface area contributed by atoms with Crippen LogP contribution in [0.25, 0.3) is 0 Å². The molecular weight excluding hydrogens is 398 g/mol. The van der Waals surface area contributed by atoms with E-state index in [2.05, 4.69) is 14.8 Å². The summed E-state index contributed by atoms with van der Waals surface area (Å²) >= 11 is 6.11. The van der Waals surface area contributed by atoms with E-state index in [4.69, 9.17) is 16.6 Å². The van der Waals surface area contributed by atoms with Gasteiger partial charge in [-0.25, -0.2) is 13.4 Å². The third-order valence-corrected chi connectivity index (χ3v) is 7.68. The molecular formula is C19H24ClN5O2S. The fourth-order valence-electron chi connectivity index (χ4n) is 3.71. The molecule has 0 N–H and O–H groups in total. The third kappa shape index (κ3) is 3.94. The molecule has 9 heteroatoms. The number of sulfonamides is 1. The molecule has 2 fully saturated rings. The van der Waals surface area contributed by atoms with Gasteiger partial charge < -0.3 is 9.80 Å². The number of halogens is 1. The average Bonchev–Trinajstić information content (AvgIpc) is 2.75. The van der Waals surface area contributed by atoms with Gasteiger partial charge in [0.05, 0.1) is 5.02 Å². The molecule has 0 aliphatic carbocycles. The number of aromatic nitrogens is 2. The van der Waals surface area contributed by atoms with Gasteiger partial charge >= 0.3 is 0 Å². The lowest BCUT2D eigenvalue weighted by Gasteiger charge is -2.35. The predicted octanol–water partition coefficient (Wildman–Crippen LogP) is 2.63. The van der Waals surface area contributed by atoms with Gasteiger partial charge in [0.25, 0.3) is 0 Å². The highest BCUT2D eigenvalue weighted by atomic mass is 35.5. The molecule has 0 radical (unpaired) electrons. The molecule has 150 valence electrons. The Morgan fingerprint density at radius 2 is 1.57 bits per heavy atom. The van der Waals surface area contributed by atoms with Crippen LogP contribution in [0.4, 0.5) is 11.8 Å². The van der Waals surface area contributed by atoms with E-state index in [0.717, 1.165) is 24.9 Å². The van der Waals surface area contributed by atoms with Gasteiger partial charge in [-0.05, 0) is 37.5 Å². The molecule has 7 nitrogen and oxygen atoms in total. The Morgan fingerprint density at radius 1 is 0.857 bits per heavy atom. The molecule has 2 aliphatic heterocycles. The first-order valence-electron chi connectivity index (χ1n) is 9.63. The number of piperidine rings is 1. The van der Waals surface area contributed by atoms with Crippen LogP contribution >= 0.6 is 11.6 Å². The molecule has 0 atom stereocenters. The van der Waals surface area contributed by atoms with E-state index in [1.165, 1.54) is 23.6 Å². The Bertz CT molecular complexity index is 925. The number of nitrogens with zero attached hydrogens (tertiary/aromatic N) is 5. The van der Waals surface area contributed by atoms with Crippen LogP contribution in [0.15, 0.2) is 41.4 Å². The van der Waals surface area contributed by atoms with Crippen LogP contribution in [0.1, 0.15) is 19.3 Å². The van der Waals surface area contributed by atoms with E-state index in [-0.39, 0.29) is 9.92 Å². The summed E-state index contributed by atoms with van der Waals surface area (Å²) < 4.78 is 27.3. The highest BCUT2D eigenvalue weighted by Crippen LogP contribution is 2.26. The van der Waals surface area contributed by atoms with Gasteiger partial charge in [0, 0.05) is 45.5 Å². The van der Waals surface area contributed by atoms with Gasteiger partial charge in [0.15, 0.2) is 0 Å². The summed E-state index contributed by atoms with van der Waals surface area (Å²) in [6, 6.07) is 8.48. The molecule has 0 spiro atoms. The smallest absolute Gasteiger partial charge is 0.244 e. The molecule has 2 aliphatic rings. The largest absolute Gasteiger partial charge is 0.354 e. The summed E-state index contributed by atoms with van der Waals surface area (Å²) in [6.07, 6.45) is 5.40. The normalized spacial score (nSPS) is 19.0. The van der Waals surface area contributed by atoms with Gasteiger partial charge in [-0.1, -0.05) is 23.7 Å². The van der Waals surface area contributed by atoms with Crippen molar-refractivity contribution < 1.29 is 8.42 Å². The van der Waals surface area contributed by atoms with Crippen molar-refractivity contribution >= 4 is 33.4 Å². The van der Waals surface area contributed by atoms with E-state index in [1.807, 2.05) is 6.07 Å². The molecule has 1 aromatic heterocycles. The van der Waals surface area contributed by atoms with Crippen LogP contribution in [0, 0.1) is 0 Å². The lowest BCUT2D eigenvalue weighted by Crippen LogP contribution is -2.49. The average molecular weight is 422 g/mol. The van der Waals surface area contributed by atoms with Crippen LogP contribution < -0.4 is 9.80 Å². The molecule has 1 aromatic carbocycles. The van der Waals surface area contributed by atoms with Gasteiger partial charge in [-0.15, -0.1) is 0 Å².